The number of allylic oxidation sites excluding steroid dienone is 1. The van der Waals surface area contributed by atoms with Gasteiger partial charge in [-0.3, -0.25) is 14.4 Å². The van der Waals surface area contributed by atoms with E-state index in [1.54, 1.807) is 48.8 Å². The number of nitrogens with zero attached hydrogens (tertiary/aromatic N) is 2. The number of ether oxygens (including phenoxy) is 2. The molecular weight excluding hydrogens is 508 g/mol. The van der Waals surface area contributed by atoms with Gasteiger partial charge in [-0.2, -0.15) is 0 Å². The van der Waals surface area contributed by atoms with Crippen LogP contribution in [0.5, 0.6) is 0 Å². The second kappa shape index (κ2) is 12.9. The molecular formula is C32H38N2O6. The molecule has 4 rings (SSSR count). The van der Waals surface area contributed by atoms with Crippen molar-refractivity contribution in [3.05, 3.63) is 82.1 Å². The Balaban J connectivity index is 1.57. The molecule has 0 saturated carbocycles. The van der Waals surface area contributed by atoms with Gasteiger partial charge in [-0.25, -0.2) is 4.79 Å². The first-order chi connectivity index (χ1) is 19.2. The minimum atomic E-state index is -0.423. The Morgan fingerprint density at radius 3 is 2.40 bits per heavy atom. The molecule has 2 aliphatic rings. The van der Waals surface area contributed by atoms with Gasteiger partial charge in [-0.1, -0.05) is 42.0 Å². The van der Waals surface area contributed by atoms with Crippen LogP contribution in [0.25, 0.3) is 0 Å². The molecule has 1 saturated heterocycles. The second-order valence-corrected chi connectivity index (χ2v) is 10.4. The number of rotatable bonds is 8. The maximum absolute atomic E-state index is 13.4. The summed E-state index contributed by atoms with van der Waals surface area (Å²) in [5, 5.41) is 0. The highest BCUT2D eigenvalue weighted by atomic mass is 16.5. The molecule has 0 spiro atoms. The van der Waals surface area contributed by atoms with E-state index in [9.17, 15) is 19.2 Å². The summed E-state index contributed by atoms with van der Waals surface area (Å²) in [6.45, 7) is 9.00. The predicted octanol–water partition coefficient (Wildman–Crippen LogP) is 4.76. The Bertz CT molecular complexity index is 1300. The molecule has 2 atom stereocenters. The zero-order chi connectivity index (χ0) is 28.8. The monoisotopic (exact) mass is 546 g/mol. The summed E-state index contributed by atoms with van der Waals surface area (Å²) in [4.78, 5) is 55.4. The van der Waals surface area contributed by atoms with Crippen molar-refractivity contribution < 1.29 is 28.7 Å². The Morgan fingerprint density at radius 1 is 0.975 bits per heavy atom. The molecule has 2 unspecified atom stereocenters. The standard InChI is InChI=1S/C32H38N2O6/c1-5-39-31(37)26-11-8-16-33(20-26)30(36)25-10-7-9-23(17-25)19-34-22(4)29(32(38)40-6-2)27(18-28(34)35)24-14-12-21(3)13-15-24/h7,9-10,12-15,17,26-27H,5-6,8,11,16,18-20H2,1-4H3. The molecule has 0 bridgehead atoms. The van der Waals surface area contributed by atoms with Gasteiger partial charge in [-0.15, -0.1) is 0 Å². The van der Waals surface area contributed by atoms with Crippen LogP contribution in [-0.2, 0) is 30.4 Å². The fourth-order valence-corrected chi connectivity index (χ4v) is 5.54. The van der Waals surface area contributed by atoms with E-state index < -0.39 is 5.97 Å². The number of amides is 2. The summed E-state index contributed by atoms with van der Waals surface area (Å²) in [5.41, 5.74) is 4.31. The molecule has 40 heavy (non-hydrogen) atoms. The molecule has 2 aliphatic heterocycles. The smallest absolute Gasteiger partial charge is 0.336 e. The van der Waals surface area contributed by atoms with Gasteiger partial charge in [0.2, 0.25) is 5.91 Å². The molecule has 8 nitrogen and oxygen atoms in total. The lowest BCUT2D eigenvalue weighted by atomic mass is 9.83. The number of aryl methyl sites for hydroxylation is 1. The van der Waals surface area contributed by atoms with Crippen molar-refractivity contribution in [2.75, 3.05) is 26.3 Å². The van der Waals surface area contributed by atoms with Crippen molar-refractivity contribution in [2.45, 2.75) is 59.4 Å². The third kappa shape index (κ3) is 6.43. The number of likely N-dealkylation sites (tertiary alicyclic amines) is 1. The van der Waals surface area contributed by atoms with Crippen molar-refractivity contribution in [1.82, 2.24) is 9.80 Å². The predicted molar refractivity (Wildman–Crippen MR) is 150 cm³/mol. The van der Waals surface area contributed by atoms with Crippen LogP contribution in [0.2, 0.25) is 0 Å². The number of piperidine rings is 1. The van der Waals surface area contributed by atoms with Crippen LogP contribution in [0.1, 0.15) is 73.0 Å². The molecule has 212 valence electrons. The zero-order valence-electron chi connectivity index (χ0n) is 23.8. The van der Waals surface area contributed by atoms with Crippen molar-refractivity contribution in [3.8, 4) is 0 Å². The molecule has 2 heterocycles. The maximum Gasteiger partial charge on any atom is 0.336 e. The summed E-state index contributed by atoms with van der Waals surface area (Å²) in [7, 11) is 0. The molecule has 1 fully saturated rings. The van der Waals surface area contributed by atoms with Crippen LogP contribution in [0.3, 0.4) is 0 Å². The number of esters is 2. The van der Waals surface area contributed by atoms with Crippen LogP contribution < -0.4 is 0 Å². The van der Waals surface area contributed by atoms with E-state index in [1.807, 2.05) is 37.3 Å². The molecule has 8 heteroatoms. The minimum absolute atomic E-state index is 0.0961. The highest BCUT2D eigenvalue weighted by Gasteiger charge is 2.37. The number of benzene rings is 2. The third-order valence-corrected chi connectivity index (χ3v) is 7.64. The second-order valence-electron chi connectivity index (χ2n) is 10.4. The van der Waals surface area contributed by atoms with Gasteiger partial charge in [-0.05, 0) is 63.8 Å². The molecule has 2 amide bonds. The zero-order valence-corrected chi connectivity index (χ0v) is 23.8. The SMILES string of the molecule is CCOC(=O)C1=C(C)N(Cc2cccc(C(=O)N3CCCC(C(=O)OCC)C3)c2)C(=O)CC1c1ccc(C)cc1. The van der Waals surface area contributed by atoms with Crippen molar-refractivity contribution in [1.29, 1.82) is 0 Å². The number of carbonyl (C=O) groups excluding carboxylic acids is 4. The summed E-state index contributed by atoms with van der Waals surface area (Å²) in [6, 6.07) is 15.1. The molecule has 0 radical (unpaired) electrons. The number of carbonyl (C=O) groups is 4. The Kier molecular flexibility index (Phi) is 9.40. The molecule has 0 aliphatic carbocycles. The highest BCUT2D eigenvalue weighted by Crippen LogP contribution is 2.38. The van der Waals surface area contributed by atoms with Crippen LogP contribution >= 0.6 is 0 Å². The van der Waals surface area contributed by atoms with E-state index in [0.29, 0.717) is 43.0 Å². The Hall–Kier alpha value is -3.94. The van der Waals surface area contributed by atoms with Crippen LogP contribution in [0.4, 0.5) is 0 Å². The highest BCUT2D eigenvalue weighted by molar-refractivity contribution is 5.96. The van der Waals surface area contributed by atoms with Crippen LogP contribution in [-0.4, -0.2) is 59.9 Å². The summed E-state index contributed by atoms with van der Waals surface area (Å²) >= 11 is 0. The molecule has 0 aromatic heterocycles. The van der Waals surface area contributed by atoms with Crippen LogP contribution in [0.15, 0.2) is 59.8 Å². The number of hydrogen-bond acceptors (Lipinski definition) is 6. The van der Waals surface area contributed by atoms with Gasteiger partial charge >= 0.3 is 11.9 Å². The Morgan fingerprint density at radius 2 is 1.70 bits per heavy atom. The molecule has 0 N–H and O–H groups in total. The largest absolute Gasteiger partial charge is 0.466 e. The van der Waals surface area contributed by atoms with Crippen molar-refractivity contribution in [3.63, 3.8) is 0 Å². The fourth-order valence-electron chi connectivity index (χ4n) is 5.54. The minimum Gasteiger partial charge on any atom is -0.466 e. The van der Waals surface area contributed by atoms with Gasteiger partial charge < -0.3 is 19.3 Å². The Labute approximate surface area is 235 Å². The van der Waals surface area contributed by atoms with Crippen LogP contribution in [0, 0.1) is 12.8 Å². The maximum atomic E-state index is 13.4. The lowest BCUT2D eigenvalue weighted by Gasteiger charge is -2.35. The quantitative estimate of drug-likeness (QED) is 0.443. The van der Waals surface area contributed by atoms with Gasteiger partial charge in [0.25, 0.3) is 5.91 Å². The lowest BCUT2D eigenvalue weighted by Crippen LogP contribution is -2.42. The average Bonchev–Trinajstić information content (AvgIpc) is 2.95. The molecule has 2 aromatic rings. The van der Waals surface area contributed by atoms with E-state index >= 15 is 0 Å². The summed E-state index contributed by atoms with van der Waals surface area (Å²) in [6.07, 6.45) is 1.59. The number of hydrogen-bond donors (Lipinski definition) is 0. The molecule has 2 aromatic carbocycles. The van der Waals surface area contributed by atoms with Crippen molar-refractivity contribution in [2.24, 2.45) is 5.92 Å². The first-order valence-electron chi connectivity index (χ1n) is 14.0. The van der Waals surface area contributed by atoms with E-state index in [4.69, 9.17) is 9.47 Å². The van der Waals surface area contributed by atoms with Gasteiger partial charge in [0, 0.05) is 36.7 Å². The lowest BCUT2D eigenvalue weighted by molar-refractivity contribution is -0.149. The van der Waals surface area contributed by atoms with Gasteiger partial charge in [0.05, 0.1) is 31.2 Å². The summed E-state index contributed by atoms with van der Waals surface area (Å²) < 4.78 is 10.6. The average molecular weight is 547 g/mol. The third-order valence-electron chi connectivity index (χ3n) is 7.64. The fraction of sp³-hybridized carbons (Fsp3) is 0.438. The van der Waals surface area contributed by atoms with E-state index in [-0.39, 0.29) is 49.2 Å². The van der Waals surface area contributed by atoms with E-state index in [0.717, 1.165) is 23.1 Å². The van der Waals surface area contributed by atoms with Gasteiger partial charge in [0.15, 0.2) is 0 Å². The van der Waals surface area contributed by atoms with E-state index in [2.05, 4.69) is 0 Å². The first kappa shape index (κ1) is 29.1. The normalized spacial score (nSPS) is 19.4. The topological polar surface area (TPSA) is 93.2 Å². The first-order valence-corrected chi connectivity index (χ1v) is 14.0. The van der Waals surface area contributed by atoms with Gasteiger partial charge in [0.1, 0.15) is 0 Å². The van der Waals surface area contributed by atoms with Crippen molar-refractivity contribution >= 4 is 23.8 Å². The summed E-state index contributed by atoms with van der Waals surface area (Å²) in [5.74, 6) is -1.64. The van der Waals surface area contributed by atoms with E-state index in [1.165, 1.54) is 0 Å².